The Labute approximate surface area is 43.9 Å². The first-order chi connectivity index (χ1) is 3.43. The molecule has 2 N–H and O–H groups in total. The van der Waals surface area contributed by atoms with Crippen molar-refractivity contribution in [3.8, 4) is 11.8 Å². The summed E-state index contributed by atoms with van der Waals surface area (Å²) in [4.78, 5) is 0. The van der Waals surface area contributed by atoms with Crippen LogP contribution in [-0.2, 0) is 0 Å². The lowest BCUT2D eigenvalue weighted by atomic mass is 9.96. The normalized spacial score (nSPS) is 25.0. The average Bonchev–Trinajstić information content (AvgIpc) is 1.55. The van der Waals surface area contributed by atoms with E-state index in [2.05, 4.69) is 11.8 Å². The van der Waals surface area contributed by atoms with E-state index in [9.17, 15) is 0 Å². The van der Waals surface area contributed by atoms with Gasteiger partial charge in [0.2, 0.25) is 0 Å². The molecular weight excluding hydrogens is 86.1 g/mol. The molecule has 0 aromatic carbocycles. The van der Waals surface area contributed by atoms with Gasteiger partial charge in [-0.3, -0.25) is 0 Å². The Morgan fingerprint density at radius 3 is 2.57 bits per heavy atom. The molecule has 0 saturated carbocycles. The van der Waals surface area contributed by atoms with Crippen LogP contribution in [0.4, 0.5) is 0 Å². The fourth-order valence-electron chi connectivity index (χ4n) is 0.622. The van der Waals surface area contributed by atoms with Crippen LogP contribution in [0.5, 0.6) is 0 Å². The van der Waals surface area contributed by atoms with E-state index >= 15 is 0 Å². The van der Waals surface area contributed by atoms with E-state index in [4.69, 9.17) is 5.73 Å². The predicted molar refractivity (Wildman–Crippen MR) is 29.6 cm³/mol. The zero-order valence-electron chi connectivity index (χ0n) is 4.28. The molecule has 1 heteroatoms. The van der Waals surface area contributed by atoms with Crippen molar-refractivity contribution in [2.24, 2.45) is 11.7 Å². The lowest BCUT2D eigenvalue weighted by molar-refractivity contribution is 0.610. The largest absolute Gasteiger partial charge is 0.330 e. The van der Waals surface area contributed by atoms with Crippen molar-refractivity contribution in [2.45, 2.75) is 12.8 Å². The van der Waals surface area contributed by atoms with Gasteiger partial charge in [-0.2, -0.15) is 0 Å². The minimum Gasteiger partial charge on any atom is -0.330 e. The van der Waals surface area contributed by atoms with Gasteiger partial charge in [0.05, 0.1) is 0 Å². The highest BCUT2D eigenvalue weighted by Gasteiger charge is 2.06. The molecule has 0 amide bonds. The Balaban J connectivity index is 2.11. The molecule has 0 fully saturated rings. The number of rotatable bonds is 2. The van der Waals surface area contributed by atoms with Gasteiger partial charge in [-0.05, 0) is 13.0 Å². The van der Waals surface area contributed by atoms with E-state index in [1.54, 1.807) is 0 Å². The molecule has 1 unspecified atom stereocenters. The van der Waals surface area contributed by atoms with Crippen LogP contribution in [0, 0.1) is 17.8 Å². The molecule has 1 atom stereocenters. The molecule has 0 saturated heterocycles. The van der Waals surface area contributed by atoms with Crippen LogP contribution >= 0.6 is 0 Å². The molecule has 0 heterocycles. The summed E-state index contributed by atoms with van der Waals surface area (Å²) in [6.07, 6.45) is 2.17. The summed E-state index contributed by atoms with van der Waals surface area (Å²) in [5.74, 6) is 6.60. The average molecular weight is 95.1 g/mol. The van der Waals surface area contributed by atoms with E-state index in [0.717, 1.165) is 19.4 Å². The smallest absolute Gasteiger partial charge is 0.0324 e. The molecule has 1 aliphatic carbocycles. The second-order valence-electron chi connectivity index (χ2n) is 1.80. The monoisotopic (exact) mass is 95.1 g/mol. The van der Waals surface area contributed by atoms with E-state index in [-0.39, 0.29) is 0 Å². The fraction of sp³-hybridized carbons (Fsp3) is 0.667. The molecule has 0 aromatic rings. The van der Waals surface area contributed by atoms with Crippen molar-refractivity contribution in [3.05, 3.63) is 0 Å². The highest BCUT2D eigenvalue weighted by atomic mass is 14.5. The first-order valence-corrected chi connectivity index (χ1v) is 2.62. The molecule has 1 rings (SSSR count). The molecule has 38 valence electrons. The van der Waals surface area contributed by atoms with Crippen molar-refractivity contribution < 1.29 is 0 Å². The molecule has 0 radical (unpaired) electrons. The first kappa shape index (κ1) is 4.67. The zero-order valence-corrected chi connectivity index (χ0v) is 4.28. The topological polar surface area (TPSA) is 26.0 Å². The molecule has 0 bridgehead atoms. The highest BCUT2D eigenvalue weighted by molar-refractivity contribution is 5.16. The van der Waals surface area contributed by atoms with Crippen molar-refractivity contribution in [2.75, 3.05) is 6.54 Å². The quantitative estimate of drug-likeness (QED) is 0.492. The van der Waals surface area contributed by atoms with Gasteiger partial charge in [-0.15, -0.1) is 5.92 Å². The number of hydrogen-bond donors (Lipinski definition) is 1. The lowest BCUT2D eigenvalue weighted by Crippen LogP contribution is -2.10. The second kappa shape index (κ2) is 1.99. The van der Waals surface area contributed by atoms with Gasteiger partial charge in [0.1, 0.15) is 0 Å². The van der Waals surface area contributed by atoms with E-state index < -0.39 is 0 Å². The molecule has 7 heavy (non-hydrogen) atoms. The van der Waals surface area contributed by atoms with Gasteiger partial charge in [0.15, 0.2) is 0 Å². The van der Waals surface area contributed by atoms with Crippen molar-refractivity contribution in [1.82, 2.24) is 0 Å². The Morgan fingerprint density at radius 2 is 2.43 bits per heavy atom. The van der Waals surface area contributed by atoms with Crippen molar-refractivity contribution >= 4 is 0 Å². The SMILES string of the molecule is NCCC1C#CC1. The molecule has 0 spiro atoms. The Hall–Kier alpha value is -0.480. The van der Waals surface area contributed by atoms with E-state index in [1.165, 1.54) is 0 Å². The summed E-state index contributed by atoms with van der Waals surface area (Å²) >= 11 is 0. The summed E-state index contributed by atoms with van der Waals surface area (Å²) in [7, 11) is 0. The van der Waals surface area contributed by atoms with Crippen LogP contribution in [0.2, 0.25) is 0 Å². The van der Waals surface area contributed by atoms with Crippen LogP contribution in [0.1, 0.15) is 12.8 Å². The van der Waals surface area contributed by atoms with E-state index in [1.807, 2.05) is 0 Å². The van der Waals surface area contributed by atoms with Crippen molar-refractivity contribution in [1.29, 1.82) is 0 Å². The Morgan fingerprint density at radius 1 is 1.71 bits per heavy atom. The third kappa shape index (κ3) is 0.942. The summed E-state index contributed by atoms with van der Waals surface area (Å²) in [5, 5.41) is 0. The Bertz CT molecular complexity index is 107. The minimum absolute atomic E-state index is 0.644. The first-order valence-electron chi connectivity index (χ1n) is 2.62. The van der Waals surface area contributed by atoms with Gasteiger partial charge in [-0.25, -0.2) is 0 Å². The third-order valence-electron chi connectivity index (χ3n) is 1.17. The molecule has 0 aliphatic heterocycles. The van der Waals surface area contributed by atoms with E-state index in [0.29, 0.717) is 5.92 Å². The number of nitrogens with two attached hydrogens (primary N) is 1. The number of hydrogen-bond acceptors (Lipinski definition) is 1. The predicted octanol–water partition coefficient (Wildman–Crippen LogP) is 0.359. The minimum atomic E-state index is 0.644. The molecule has 1 nitrogen and oxygen atoms in total. The van der Waals surface area contributed by atoms with Crippen molar-refractivity contribution in [3.63, 3.8) is 0 Å². The summed E-state index contributed by atoms with van der Waals surface area (Å²) in [5.41, 5.74) is 5.27. The fourth-order valence-corrected chi connectivity index (χ4v) is 0.622. The van der Waals surface area contributed by atoms with Crippen LogP contribution in [0.25, 0.3) is 0 Å². The summed E-state index contributed by atoms with van der Waals surface area (Å²) in [6, 6.07) is 0. The third-order valence-corrected chi connectivity index (χ3v) is 1.17. The highest BCUT2D eigenvalue weighted by Crippen LogP contribution is 2.11. The molecular formula is C6H9N. The van der Waals surface area contributed by atoms with Crippen LogP contribution in [-0.4, -0.2) is 6.54 Å². The van der Waals surface area contributed by atoms with Gasteiger partial charge in [0, 0.05) is 12.3 Å². The Kier molecular flexibility index (Phi) is 1.33. The van der Waals surface area contributed by atoms with Gasteiger partial charge < -0.3 is 5.73 Å². The van der Waals surface area contributed by atoms with Crippen LogP contribution in [0.15, 0.2) is 0 Å². The maximum Gasteiger partial charge on any atom is 0.0324 e. The molecule has 1 aliphatic rings. The summed E-state index contributed by atoms with van der Waals surface area (Å²) < 4.78 is 0. The van der Waals surface area contributed by atoms with Crippen LogP contribution < -0.4 is 5.73 Å². The lowest BCUT2D eigenvalue weighted by Gasteiger charge is -2.09. The standard InChI is InChI=1S/C6H9N/c7-5-4-6-2-1-3-6/h6H,2,4-5,7H2. The van der Waals surface area contributed by atoms with Crippen LogP contribution in [0.3, 0.4) is 0 Å². The summed E-state index contributed by atoms with van der Waals surface area (Å²) in [6.45, 7) is 0.791. The zero-order chi connectivity index (χ0) is 5.11. The second-order valence-corrected chi connectivity index (χ2v) is 1.80. The molecule has 0 aromatic heterocycles. The van der Waals surface area contributed by atoms with Gasteiger partial charge in [0.25, 0.3) is 0 Å². The maximum atomic E-state index is 5.27. The maximum absolute atomic E-state index is 5.27. The van der Waals surface area contributed by atoms with Gasteiger partial charge in [-0.1, -0.05) is 5.92 Å². The van der Waals surface area contributed by atoms with Gasteiger partial charge >= 0.3 is 0 Å².